The van der Waals surface area contributed by atoms with Crippen LogP contribution in [0.1, 0.15) is 36.7 Å². The Morgan fingerprint density at radius 1 is 1.20 bits per heavy atom. The molecule has 0 atom stereocenters. The first-order valence-electron chi connectivity index (χ1n) is 7.09. The van der Waals surface area contributed by atoms with Crippen LogP contribution in [-0.2, 0) is 19.6 Å². The highest BCUT2D eigenvalue weighted by Crippen LogP contribution is 2.10. The van der Waals surface area contributed by atoms with E-state index in [0.717, 1.165) is 18.8 Å². The van der Waals surface area contributed by atoms with Crippen LogP contribution in [0.5, 0.6) is 0 Å². The maximum atomic E-state index is 5.68. The smallest absolute Gasteiger partial charge is 0.0764 e. The summed E-state index contributed by atoms with van der Waals surface area (Å²) >= 11 is 0. The molecule has 0 saturated heterocycles. The number of nitrogens with two attached hydrogens (primary N) is 1. The molecule has 0 fully saturated rings. The van der Waals surface area contributed by atoms with Gasteiger partial charge in [-0.15, -0.1) is 0 Å². The van der Waals surface area contributed by atoms with Crippen LogP contribution >= 0.6 is 0 Å². The minimum atomic E-state index is 0.412. The molecule has 2 rings (SSSR count). The Morgan fingerprint density at radius 3 is 2.60 bits per heavy atom. The molecule has 1 heterocycles. The third-order valence-corrected chi connectivity index (χ3v) is 3.30. The summed E-state index contributed by atoms with van der Waals surface area (Å²) in [6.45, 7) is 6.63. The minimum absolute atomic E-state index is 0.412. The number of aromatic nitrogens is 2. The highest BCUT2D eigenvalue weighted by atomic mass is 15.3. The van der Waals surface area contributed by atoms with E-state index in [1.807, 2.05) is 10.9 Å². The van der Waals surface area contributed by atoms with Gasteiger partial charge in [-0.05, 0) is 38.1 Å². The van der Waals surface area contributed by atoms with Crippen LogP contribution < -0.4 is 5.73 Å². The molecule has 0 radical (unpaired) electrons. The Balaban J connectivity index is 1.95. The van der Waals surface area contributed by atoms with Crippen LogP contribution in [0.25, 0.3) is 0 Å². The standard InChI is InChI=1S/C16H24N4/c1-13(2)20-8-7-16(18-20)12-19(3)11-15-6-4-5-14(9-15)10-17/h4-9,13H,10-12,17H2,1-3H3. The van der Waals surface area contributed by atoms with Gasteiger partial charge in [0, 0.05) is 31.9 Å². The van der Waals surface area contributed by atoms with Gasteiger partial charge in [0.25, 0.3) is 0 Å². The molecule has 0 saturated carbocycles. The van der Waals surface area contributed by atoms with Gasteiger partial charge in [0.1, 0.15) is 0 Å². The second-order valence-corrected chi connectivity index (χ2v) is 5.58. The van der Waals surface area contributed by atoms with E-state index < -0.39 is 0 Å². The summed E-state index contributed by atoms with van der Waals surface area (Å²) in [6, 6.07) is 10.9. The molecule has 4 heteroatoms. The van der Waals surface area contributed by atoms with Gasteiger partial charge >= 0.3 is 0 Å². The summed E-state index contributed by atoms with van der Waals surface area (Å²) in [7, 11) is 2.11. The molecule has 0 aliphatic carbocycles. The lowest BCUT2D eigenvalue weighted by Crippen LogP contribution is -2.18. The minimum Gasteiger partial charge on any atom is -0.326 e. The molecule has 0 aliphatic rings. The summed E-state index contributed by atoms with van der Waals surface area (Å²) < 4.78 is 2.00. The van der Waals surface area contributed by atoms with Crippen molar-refractivity contribution in [2.45, 2.75) is 39.5 Å². The summed E-state index contributed by atoms with van der Waals surface area (Å²) in [4.78, 5) is 2.27. The Bertz CT molecular complexity index is 545. The Labute approximate surface area is 121 Å². The van der Waals surface area contributed by atoms with Gasteiger partial charge in [-0.3, -0.25) is 9.58 Å². The first-order chi connectivity index (χ1) is 9.58. The molecule has 0 amide bonds. The molecule has 108 valence electrons. The molecule has 0 bridgehead atoms. The molecule has 1 aromatic heterocycles. The van der Waals surface area contributed by atoms with E-state index >= 15 is 0 Å². The molecule has 2 N–H and O–H groups in total. The van der Waals surface area contributed by atoms with Crippen molar-refractivity contribution in [1.82, 2.24) is 14.7 Å². The largest absolute Gasteiger partial charge is 0.326 e. The van der Waals surface area contributed by atoms with Crippen LogP contribution in [0, 0.1) is 0 Å². The second kappa shape index (κ2) is 6.68. The third-order valence-electron chi connectivity index (χ3n) is 3.30. The van der Waals surface area contributed by atoms with E-state index in [2.05, 4.69) is 61.2 Å². The second-order valence-electron chi connectivity index (χ2n) is 5.58. The molecular formula is C16H24N4. The van der Waals surface area contributed by atoms with Crippen molar-refractivity contribution < 1.29 is 0 Å². The fourth-order valence-electron chi connectivity index (χ4n) is 2.25. The quantitative estimate of drug-likeness (QED) is 0.879. The van der Waals surface area contributed by atoms with Gasteiger partial charge in [0.15, 0.2) is 0 Å². The Morgan fingerprint density at radius 2 is 1.95 bits per heavy atom. The first kappa shape index (κ1) is 14.8. The van der Waals surface area contributed by atoms with E-state index in [1.165, 1.54) is 11.1 Å². The highest BCUT2D eigenvalue weighted by molar-refractivity contribution is 5.23. The van der Waals surface area contributed by atoms with Crippen molar-refractivity contribution in [3.63, 3.8) is 0 Å². The van der Waals surface area contributed by atoms with Gasteiger partial charge in [0.05, 0.1) is 5.69 Å². The van der Waals surface area contributed by atoms with Crippen LogP contribution in [0.15, 0.2) is 36.5 Å². The Hall–Kier alpha value is -1.65. The van der Waals surface area contributed by atoms with E-state index in [9.17, 15) is 0 Å². The monoisotopic (exact) mass is 272 g/mol. The molecule has 0 spiro atoms. The van der Waals surface area contributed by atoms with Crippen LogP contribution in [0.4, 0.5) is 0 Å². The van der Waals surface area contributed by atoms with Gasteiger partial charge in [0.2, 0.25) is 0 Å². The lowest BCUT2D eigenvalue weighted by atomic mass is 10.1. The number of benzene rings is 1. The van der Waals surface area contributed by atoms with Crippen LogP contribution in [-0.4, -0.2) is 21.7 Å². The average Bonchev–Trinajstić information content (AvgIpc) is 2.87. The fraction of sp³-hybridized carbons (Fsp3) is 0.438. The van der Waals surface area contributed by atoms with Crippen molar-refractivity contribution in [1.29, 1.82) is 0 Å². The molecule has 4 nitrogen and oxygen atoms in total. The van der Waals surface area contributed by atoms with Crippen molar-refractivity contribution in [2.75, 3.05) is 7.05 Å². The van der Waals surface area contributed by atoms with Gasteiger partial charge in [-0.2, -0.15) is 5.10 Å². The van der Waals surface area contributed by atoms with Gasteiger partial charge < -0.3 is 5.73 Å². The molecule has 20 heavy (non-hydrogen) atoms. The zero-order chi connectivity index (χ0) is 14.5. The lowest BCUT2D eigenvalue weighted by Gasteiger charge is -2.16. The summed E-state index contributed by atoms with van der Waals surface area (Å²) in [5, 5.41) is 4.58. The maximum absolute atomic E-state index is 5.68. The molecule has 1 aromatic carbocycles. The van der Waals surface area contributed by atoms with E-state index in [0.29, 0.717) is 12.6 Å². The van der Waals surface area contributed by atoms with Crippen molar-refractivity contribution >= 4 is 0 Å². The highest BCUT2D eigenvalue weighted by Gasteiger charge is 2.06. The molecule has 0 aliphatic heterocycles. The first-order valence-corrected chi connectivity index (χ1v) is 7.09. The van der Waals surface area contributed by atoms with Crippen LogP contribution in [0.3, 0.4) is 0 Å². The van der Waals surface area contributed by atoms with E-state index in [1.54, 1.807) is 0 Å². The normalized spacial score (nSPS) is 11.5. The van der Waals surface area contributed by atoms with Crippen LogP contribution in [0.2, 0.25) is 0 Å². The predicted octanol–water partition coefficient (Wildman–Crippen LogP) is 2.55. The summed E-state index contributed by atoms with van der Waals surface area (Å²) in [6.07, 6.45) is 2.04. The maximum Gasteiger partial charge on any atom is 0.0764 e. The van der Waals surface area contributed by atoms with Crippen molar-refractivity contribution in [3.8, 4) is 0 Å². The third kappa shape index (κ3) is 3.92. The molecule has 2 aromatic rings. The number of hydrogen-bond acceptors (Lipinski definition) is 3. The number of nitrogens with zero attached hydrogens (tertiary/aromatic N) is 3. The molecule has 0 unspecified atom stereocenters. The number of rotatable bonds is 6. The average molecular weight is 272 g/mol. The zero-order valence-electron chi connectivity index (χ0n) is 12.6. The zero-order valence-corrected chi connectivity index (χ0v) is 12.6. The number of hydrogen-bond donors (Lipinski definition) is 1. The fourth-order valence-corrected chi connectivity index (χ4v) is 2.25. The topological polar surface area (TPSA) is 47.1 Å². The van der Waals surface area contributed by atoms with Crippen molar-refractivity contribution in [2.24, 2.45) is 5.73 Å². The molecular weight excluding hydrogens is 248 g/mol. The summed E-state index contributed by atoms with van der Waals surface area (Å²) in [5.41, 5.74) is 9.26. The van der Waals surface area contributed by atoms with E-state index in [-0.39, 0.29) is 0 Å². The Kier molecular flexibility index (Phi) is 4.93. The lowest BCUT2D eigenvalue weighted by molar-refractivity contribution is 0.312. The van der Waals surface area contributed by atoms with Gasteiger partial charge in [-0.1, -0.05) is 24.3 Å². The van der Waals surface area contributed by atoms with E-state index in [4.69, 9.17) is 5.73 Å². The van der Waals surface area contributed by atoms with Crippen molar-refractivity contribution in [3.05, 3.63) is 53.3 Å². The SMILES string of the molecule is CC(C)n1ccc(CN(C)Cc2cccc(CN)c2)n1. The summed E-state index contributed by atoms with van der Waals surface area (Å²) in [5.74, 6) is 0. The predicted molar refractivity (Wildman–Crippen MR) is 82.1 cm³/mol. The van der Waals surface area contributed by atoms with Gasteiger partial charge in [-0.25, -0.2) is 0 Å².